The molecule has 0 spiro atoms. The van der Waals surface area contributed by atoms with Crippen molar-refractivity contribution in [2.45, 2.75) is 0 Å². The number of ether oxygens (including phenoxy) is 1. The van der Waals surface area contributed by atoms with E-state index in [1.807, 2.05) is 12.1 Å². The molecule has 0 N–H and O–H groups in total. The van der Waals surface area contributed by atoms with E-state index >= 15 is 0 Å². The third-order valence-electron chi connectivity index (χ3n) is 2.94. The van der Waals surface area contributed by atoms with Crippen LogP contribution < -0.4 is 10.1 Å². The molecular weight excluding hydrogens is 212 g/mol. The minimum atomic E-state index is 0.903. The summed E-state index contributed by atoms with van der Waals surface area (Å²) < 4.78 is 5.13. The zero-order valence-electron chi connectivity index (χ0n) is 10.3. The first-order valence-electron chi connectivity index (χ1n) is 6.05. The van der Waals surface area contributed by atoms with Crippen LogP contribution in [-0.2, 0) is 0 Å². The van der Waals surface area contributed by atoms with Gasteiger partial charge in [-0.2, -0.15) is 0 Å². The zero-order valence-corrected chi connectivity index (χ0v) is 10.3. The van der Waals surface area contributed by atoms with Crippen LogP contribution in [0.2, 0.25) is 0 Å². The van der Waals surface area contributed by atoms with E-state index in [0.717, 1.165) is 38.5 Å². The molecule has 0 atom stereocenters. The molecule has 0 saturated carbocycles. The Bertz CT molecular complexity index is 353. The molecule has 0 aliphatic carbocycles. The zero-order chi connectivity index (χ0) is 11.9. The highest BCUT2D eigenvalue weighted by Crippen LogP contribution is 2.12. The van der Waals surface area contributed by atoms with E-state index in [1.54, 1.807) is 7.11 Å². The summed E-state index contributed by atoms with van der Waals surface area (Å²) in [7, 11) is 1.69. The lowest BCUT2D eigenvalue weighted by molar-refractivity contribution is 0.262. The Kier molecular flexibility index (Phi) is 4.59. The predicted molar refractivity (Wildman–Crippen MR) is 70.3 cm³/mol. The van der Waals surface area contributed by atoms with Gasteiger partial charge in [-0.15, -0.1) is 0 Å². The van der Waals surface area contributed by atoms with Crippen molar-refractivity contribution in [3.63, 3.8) is 0 Å². The maximum Gasteiger partial charge on any atom is 0.118 e. The third kappa shape index (κ3) is 3.88. The van der Waals surface area contributed by atoms with Crippen molar-refractivity contribution >= 4 is 6.08 Å². The smallest absolute Gasteiger partial charge is 0.118 e. The fraction of sp³-hybridized carbons (Fsp3) is 0.429. The first-order valence-corrected chi connectivity index (χ1v) is 6.05. The quantitative estimate of drug-likeness (QED) is 0.787. The van der Waals surface area contributed by atoms with Crippen LogP contribution in [0.25, 0.3) is 6.08 Å². The van der Waals surface area contributed by atoms with Crippen LogP contribution in [0.1, 0.15) is 5.56 Å². The molecule has 1 aliphatic rings. The van der Waals surface area contributed by atoms with Gasteiger partial charge < -0.3 is 4.74 Å². The maximum absolute atomic E-state index is 5.13. The summed E-state index contributed by atoms with van der Waals surface area (Å²) in [5, 5.41) is 4.33. The second-order valence-corrected chi connectivity index (χ2v) is 4.15. The van der Waals surface area contributed by atoms with Gasteiger partial charge in [0.05, 0.1) is 7.11 Å². The molecule has 1 saturated heterocycles. The summed E-state index contributed by atoms with van der Waals surface area (Å²) >= 11 is 0. The fourth-order valence-electron chi connectivity index (χ4n) is 1.88. The number of piperazine rings is 1. The lowest BCUT2D eigenvalue weighted by atomic mass is 10.2. The minimum Gasteiger partial charge on any atom is -0.497 e. The molecule has 3 heteroatoms. The molecule has 2 rings (SSSR count). The molecule has 1 aromatic rings. The van der Waals surface area contributed by atoms with Gasteiger partial charge in [-0.1, -0.05) is 24.3 Å². The number of methoxy groups -OCH3 is 1. The van der Waals surface area contributed by atoms with Gasteiger partial charge in [-0.25, -0.2) is 5.32 Å². The van der Waals surface area contributed by atoms with Crippen molar-refractivity contribution in [2.24, 2.45) is 0 Å². The van der Waals surface area contributed by atoms with Crippen molar-refractivity contribution in [1.82, 2.24) is 10.2 Å². The maximum atomic E-state index is 5.13. The Morgan fingerprint density at radius 1 is 1.24 bits per heavy atom. The summed E-state index contributed by atoms with van der Waals surface area (Å²) in [6, 6.07) is 8.11. The Hall–Kier alpha value is -1.32. The molecule has 0 aromatic heterocycles. The average molecular weight is 231 g/mol. The van der Waals surface area contributed by atoms with E-state index in [4.69, 9.17) is 4.74 Å². The van der Waals surface area contributed by atoms with Gasteiger partial charge in [0.1, 0.15) is 5.75 Å². The first kappa shape index (κ1) is 12.1. The number of benzene rings is 1. The van der Waals surface area contributed by atoms with E-state index in [9.17, 15) is 0 Å². The van der Waals surface area contributed by atoms with Crippen molar-refractivity contribution in [3.05, 3.63) is 35.9 Å². The molecule has 17 heavy (non-hydrogen) atoms. The largest absolute Gasteiger partial charge is 0.497 e. The molecule has 1 fully saturated rings. The molecule has 3 nitrogen and oxygen atoms in total. The summed E-state index contributed by atoms with van der Waals surface area (Å²) in [5.41, 5.74) is 1.22. The topological polar surface area (TPSA) is 26.6 Å². The van der Waals surface area contributed by atoms with Gasteiger partial charge in [0.2, 0.25) is 0 Å². The van der Waals surface area contributed by atoms with Crippen LogP contribution >= 0.6 is 0 Å². The van der Waals surface area contributed by atoms with Crippen LogP contribution in [0, 0.1) is 0 Å². The molecule has 0 amide bonds. The van der Waals surface area contributed by atoms with Crippen molar-refractivity contribution in [3.8, 4) is 5.75 Å². The van der Waals surface area contributed by atoms with Crippen LogP contribution in [0.4, 0.5) is 0 Å². The number of hydrogen-bond donors (Lipinski definition) is 0. The Morgan fingerprint density at radius 2 is 1.94 bits per heavy atom. The van der Waals surface area contributed by atoms with Gasteiger partial charge in [0, 0.05) is 32.7 Å². The predicted octanol–water partition coefficient (Wildman–Crippen LogP) is 1.63. The number of hydrogen-bond acceptors (Lipinski definition) is 2. The van der Waals surface area contributed by atoms with Crippen molar-refractivity contribution in [2.75, 3.05) is 39.8 Å². The molecule has 1 radical (unpaired) electrons. The van der Waals surface area contributed by atoms with Gasteiger partial charge >= 0.3 is 0 Å². The molecule has 1 aromatic carbocycles. The van der Waals surface area contributed by atoms with Gasteiger partial charge in [0.25, 0.3) is 0 Å². The van der Waals surface area contributed by atoms with E-state index in [0.29, 0.717) is 0 Å². The normalized spacial score (nSPS) is 17.5. The standard InChI is InChI=1S/C14H19N2O/c1-17-14-6-4-13(5-7-14)3-2-10-16-11-8-15-9-12-16/h2-7H,8-12H2,1H3. The van der Waals surface area contributed by atoms with Crippen LogP contribution in [0.5, 0.6) is 5.75 Å². The fourth-order valence-corrected chi connectivity index (χ4v) is 1.88. The lowest BCUT2D eigenvalue weighted by Gasteiger charge is -2.24. The summed E-state index contributed by atoms with van der Waals surface area (Å²) in [4.78, 5) is 2.42. The van der Waals surface area contributed by atoms with Crippen LogP contribution in [0.15, 0.2) is 30.3 Å². The molecule has 0 unspecified atom stereocenters. The second kappa shape index (κ2) is 6.42. The molecule has 1 aliphatic heterocycles. The van der Waals surface area contributed by atoms with E-state index in [-0.39, 0.29) is 0 Å². The lowest BCUT2D eigenvalue weighted by Crippen LogP contribution is -2.40. The van der Waals surface area contributed by atoms with Gasteiger partial charge in [-0.3, -0.25) is 4.90 Å². The number of rotatable bonds is 4. The summed E-state index contributed by atoms with van der Waals surface area (Å²) in [6.07, 6.45) is 4.37. The Balaban J connectivity index is 1.82. The van der Waals surface area contributed by atoms with Gasteiger partial charge in [-0.05, 0) is 17.7 Å². The second-order valence-electron chi connectivity index (χ2n) is 4.15. The van der Waals surface area contributed by atoms with E-state index in [1.165, 1.54) is 5.56 Å². The summed E-state index contributed by atoms with van der Waals surface area (Å²) in [6.45, 7) is 5.16. The highest BCUT2D eigenvalue weighted by Gasteiger charge is 2.07. The number of nitrogens with zero attached hydrogens (tertiary/aromatic N) is 2. The Labute approximate surface area is 103 Å². The van der Waals surface area contributed by atoms with Crippen molar-refractivity contribution in [1.29, 1.82) is 0 Å². The first-order chi connectivity index (χ1) is 8.38. The highest BCUT2D eigenvalue weighted by atomic mass is 16.5. The van der Waals surface area contributed by atoms with Crippen LogP contribution in [0.3, 0.4) is 0 Å². The SMILES string of the molecule is COc1ccc(C=CCN2CC[N]CC2)cc1. The third-order valence-corrected chi connectivity index (χ3v) is 2.94. The van der Waals surface area contributed by atoms with Crippen LogP contribution in [-0.4, -0.2) is 44.7 Å². The molecular formula is C14H19N2O. The van der Waals surface area contributed by atoms with Gasteiger partial charge in [0.15, 0.2) is 0 Å². The summed E-state index contributed by atoms with van der Waals surface area (Å²) in [5.74, 6) is 0.903. The minimum absolute atomic E-state index is 0.903. The van der Waals surface area contributed by atoms with E-state index in [2.05, 4.69) is 34.5 Å². The molecule has 91 valence electrons. The Morgan fingerprint density at radius 3 is 2.59 bits per heavy atom. The average Bonchev–Trinajstić information content (AvgIpc) is 2.41. The monoisotopic (exact) mass is 231 g/mol. The highest BCUT2D eigenvalue weighted by molar-refractivity contribution is 5.50. The molecule has 0 bridgehead atoms. The van der Waals surface area contributed by atoms with E-state index < -0.39 is 0 Å². The van der Waals surface area contributed by atoms with Crippen molar-refractivity contribution < 1.29 is 4.74 Å². The molecule has 1 heterocycles.